The number of rotatable bonds is 5. The number of nitrogens with two attached hydrogens (primary N) is 1. The van der Waals surface area contributed by atoms with E-state index in [0.29, 0.717) is 30.3 Å². The lowest BCUT2D eigenvalue weighted by Gasteiger charge is -2.22. The summed E-state index contributed by atoms with van der Waals surface area (Å²) in [5.74, 6) is -0.973. The Labute approximate surface area is 164 Å². The molecule has 10 heteroatoms. The molecule has 156 valence electrons. The second-order valence-corrected chi connectivity index (χ2v) is 6.62. The first-order valence-electron chi connectivity index (χ1n) is 8.71. The molecule has 1 saturated heterocycles. The number of benzene rings is 2. The molecule has 29 heavy (non-hydrogen) atoms. The molecule has 0 bridgehead atoms. The van der Waals surface area contributed by atoms with Crippen molar-refractivity contribution >= 4 is 17.5 Å². The van der Waals surface area contributed by atoms with Gasteiger partial charge in [0.1, 0.15) is 12.4 Å². The largest absolute Gasteiger partial charge is 0.425 e. The van der Waals surface area contributed by atoms with Gasteiger partial charge in [-0.25, -0.2) is 9.18 Å². The smallest absolute Gasteiger partial charge is 0.418 e. The minimum atomic E-state index is -4.70. The molecule has 0 radical (unpaired) electrons. The average molecular weight is 413 g/mol. The Hall–Kier alpha value is -2.85. The Morgan fingerprint density at radius 1 is 1.21 bits per heavy atom. The van der Waals surface area contributed by atoms with Crippen molar-refractivity contribution in [2.24, 2.45) is 5.73 Å². The summed E-state index contributed by atoms with van der Waals surface area (Å²) in [6, 6.07) is 8.74. The van der Waals surface area contributed by atoms with Crippen LogP contribution in [0.25, 0.3) is 0 Å². The van der Waals surface area contributed by atoms with Crippen molar-refractivity contribution in [2.45, 2.75) is 24.9 Å². The number of nitrogens with one attached hydrogen (secondary N) is 2. The minimum Gasteiger partial charge on any atom is -0.425 e. The van der Waals surface area contributed by atoms with Crippen LogP contribution in [0, 0.1) is 5.82 Å². The fourth-order valence-corrected chi connectivity index (χ4v) is 2.76. The molecule has 0 aromatic heterocycles. The molecule has 0 spiro atoms. The molecular weight excluding hydrogens is 394 g/mol. The summed E-state index contributed by atoms with van der Waals surface area (Å²) >= 11 is 0. The third kappa shape index (κ3) is 5.58. The fraction of sp³-hybridized carbons (Fsp3) is 0.316. The predicted molar refractivity (Wildman–Crippen MR) is 96.8 cm³/mol. The second kappa shape index (κ2) is 8.26. The molecule has 1 atom stereocenters. The number of alkyl carbamates (subject to hydrolysis) is 1. The van der Waals surface area contributed by atoms with E-state index < -0.39 is 29.4 Å². The predicted octanol–water partition coefficient (Wildman–Crippen LogP) is 3.89. The molecule has 1 aliphatic heterocycles. The first-order valence-corrected chi connectivity index (χ1v) is 8.71. The number of anilines is 2. The van der Waals surface area contributed by atoms with Crippen molar-refractivity contribution in [3.8, 4) is 0 Å². The lowest BCUT2D eigenvalue weighted by atomic mass is 10.1. The summed E-state index contributed by atoms with van der Waals surface area (Å²) in [6.07, 6.45) is -4.98. The summed E-state index contributed by atoms with van der Waals surface area (Å²) in [4.78, 5) is 11.8. The number of carbonyl (C=O) groups excluding carboxylic acids is 1. The van der Waals surface area contributed by atoms with E-state index in [4.69, 9.17) is 15.2 Å². The van der Waals surface area contributed by atoms with Crippen LogP contribution in [0.4, 0.5) is 33.7 Å². The number of hydrogen-bond donors (Lipinski definition) is 3. The monoisotopic (exact) mass is 413 g/mol. The number of carbonyl (C=O) groups is 1. The Bertz CT molecular complexity index is 866. The van der Waals surface area contributed by atoms with Crippen molar-refractivity contribution in [1.29, 1.82) is 0 Å². The van der Waals surface area contributed by atoms with Gasteiger partial charge in [-0.1, -0.05) is 12.1 Å². The van der Waals surface area contributed by atoms with Gasteiger partial charge in [0.2, 0.25) is 0 Å². The van der Waals surface area contributed by atoms with E-state index in [1.807, 2.05) is 0 Å². The molecule has 1 fully saturated rings. The summed E-state index contributed by atoms with van der Waals surface area (Å²) < 4.78 is 62.6. The normalized spacial score (nSPS) is 19.1. The molecule has 0 unspecified atom stereocenters. The van der Waals surface area contributed by atoms with Gasteiger partial charge < -0.3 is 20.1 Å². The van der Waals surface area contributed by atoms with Crippen molar-refractivity contribution < 1.29 is 31.8 Å². The van der Waals surface area contributed by atoms with Gasteiger partial charge in [-0.3, -0.25) is 5.73 Å². The van der Waals surface area contributed by atoms with Crippen LogP contribution >= 0.6 is 0 Å². The number of alkyl halides is 3. The Morgan fingerprint density at radius 2 is 1.93 bits per heavy atom. The molecule has 1 heterocycles. The van der Waals surface area contributed by atoms with Gasteiger partial charge in [-0.05, 0) is 35.9 Å². The number of halogens is 4. The van der Waals surface area contributed by atoms with Gasteiger partial charge in [0.05, 0.1) is 17.9 Å². The number of amides is 1. The van der Waals surface area contributed by atoms with E-state index in [-0.39, 0.29) is 18.8 Å². The topological polar surface area (TPSA) is 85.6 Å². The van der Waals surface area contributed by atoms with Crippen molar-refractivity contribution in [2.75, 3.05) is 18.5 Å². The van der Waals surface area contributed by atoms with Crippen LogP contribution in [0.1, 0.15) is 17.5 Å². The molecule has 0 saturated carbocycles. The lowest BCUT2D eigenvalue weighted by molar-refractivity contribution is -0.137. The van der Waals surface area contributed by atoms with Gasteiger partial charge in [0, 0.05) is 18.7 Å². The Morgan fingerprint density at radius 3 is 2.55 bits per heavy atom. The number of hydrogen-bond acceptors (Lipinski definition) is 5. The molecule has 4 N–H and O–H groups in total. The SMILES string of the molecule is N[C@]1(OC(=O)NCc2ccc(Nc3ccc(F)cc3C(F)(F)F)cc2)CCOC1. The zero-order valence-electron chi connectivity index (χ0n) is 15.2. The zero-order chi connectivity index (χ0) is 21.1. The molecule has 2 aromatic carbocycles. The summed E-state index contributed by atoms with van der Waals surface area (Å²) in [7, 11) is 0. The highest BCUT2D eigenvalue weighted by Crippen LogP contribution is 2.36. The molecule has 3 rings (SSSR count). The summed E-state index contributed by atoms with van der Waals surface area (Å²) in [6.45, 7) is 0.687. The first kappa shape index (κ1) is 20.9. The van der Waals surface area contributed by atoms with Crippen LogP contribution in [0.2, 0.25) is 0 Å². The lowest BCUT2D eigenvalue weighted by Crippen LogP contribution is -2.47. The highest BCUT2D eigenvalue weighted by Gasteiger charge is 2.35. The average Bonchev–Trinajstić information content (AvgIpc) is 3.07. The molecule has 2 aromatic rings. The second-order valence-electron chi connectivity index (χ2n) is 6.62. The van der Waals surface area contributed by atoms with Crippen LogP contribution in [0.15, 0.2) is 42.5 Å². The van der Waals surface area contributed by atoms with Gasteiger partial charge in [-0.2, -0.15) is 13.2 Å². The van der Waals surface area contributed by atoms with E-state index in [2.05, 4.69) is 10.6 Å². The van der Waals surface area contributed by atoms with E-state index in [1.165, 1.54) is 0 Å². The maximum atomic E-state index is 13.2. The van der Waals surface area contributed by atoms with Gasteiger partial charge in [-0.15, -0.1) is 0 Å². The first-order chi connectivity index (χ1) is 13.6. The van der Waals surface area contributed by atoms with Crippen LogP contribution in [0.5, 0.6) is 0 Å². The molecule has 1 aliphatic rings. The van der Waals surface area contributed by atoms with Crippen LogP contribution in [-0.4, -0.2) is 25.0 Å². The fourth-order valence-electron chi connectivity index (χ4n) is 2.76. The van der Waals surface area contributed by atoms with Gasteiger partial charge >= 0.3 is 12.3 Å². The molecule has 6 nitrogen and oxygen atoms in total. The van der Waals surface area contributed by atoms with Crippen LogP contribution in [0.3, 0.4) is 0 Å². The minimum absolute atomic E-state index is 0.129. The standard InChI is InChI=1S/C19H19F4N3O3/c20-13-3-6-16(15(9-13)19(21,22)23)26-14-4-1-12(2-5-14)10-25-17(27)29-18(24)7-8-28-11-18/h1-6,9,26H,7-8,10-11,24H2,(H,25,27)/t18-/m0/s1. The van der Waals surface area contributed by atoms with Crippen molar-refractivity contribution in [1.82, 2.24) is 5.32 Å². The maximum absolute atomic E-state index is 13.2. The third-order valence-corrected chi connectivity index (χ3v) is 4.27. The molecule has 1 amide bonds. The van der Waals surface area contributed by atoms with E-state index in [1.54, 1.807) is 24.3 Å². The van der Waals surface area contributed by atoms with E-state index in [9.17, 15) is 22.4 Å². The van der Waals surface area contributed by atoms with Gasteiger partial charge in [0.25, 0.3) is 0 Å². The Balaban J connectivity index is 1.59. The maximum Gasteiger partial charge on any atom is 0.418 e. The van der Waals surface area contributed by atoms with E-state index >= 15 is 0 Å². The Kier molecular flexibility index (Phi) is 5.94. The highest BCUT2D eigenvalue weighted by atomic mass is 19.4. The summed E-state index contributed by atoms with van der Waals surface area (Å²) in [5, 5.41) is 5.17. The molecule has 0 aliphatic carbocycles. The zero-order valence-corrected chi connectivity index (χ0v) is 15.2. The van der Waals surface area contributed by atoms with E-state index in [0.717, 1.165) is 12.1 Å². The summed E-state index contributed by atoms with van der Waals surface area (Å²) in [5.41, 5.74) is 4.42. The molecular formula is C19H19F4N3O3. The number of ether oxygens (including phenoxy) is 2. The quantitative estimate of drug-likeness (QED) is 0.512. The van der Waals surface area contributed by atoms with Crippen LogP contribution < -0.4 is 16.4 Å². The van der Waals surface area contributed by atoms with Crippen LogP contribution in [-0.2, 0) is 22.2 Å². The third-order valence-electron chi connectivity index (χ3n) is 4.27. The van der Waals surface area contributed by atoms with Crippen molar-refractivity contribution in [3.63, 3.8) is 0 Å². The highest BCUT2D eigenvalue weighted by molar-refractivity contribution is 5.68. The van der Waals surface area contributed by atoms with Crippen molar-refractivity contribution in [3.05, 3.63) is 59.4 Å². The van der Waals surface area contributed by atoms with Gasteiger partial charge in [0.15, 0.2) is 5.72 Å².